The molecular formula is C60H51N3Si. The van der Waals surface area contributed by atoms with Crippen molar-refractivity contribution >= 4 is 13.3 Å². The Kier molecular flexibility index (Phi) is 9.20. The predicted molar refractivity (Wildman–Crippen MR) is 271 cm³/mol. The zero-order valence-electron chi connectivity index (χ0n) is 37.7. The van der Waals surface area contributed by atoms with Gasteiger partial charge in [-0.1, -0.05) is 216 Å². The molecule has 0 saturated heterocycles. The van der Waals surface area contributed by atoms with E-state index in [1.807, 2.05) is 0 Å². The summed E-state index contributed by atoms with van der Waals surface area (Å²) in [5.74, 6) is 2.00. The third-order valence-electron chi connectivity index (χ3n) is 13.9. The average Bonchev–Trinajstić information content (AvgIpc) is 3.71. The summed E-state index contributed by atoms with van der Waals surface area (Å²) in [7, 11) is -1.37. The fourth-order valence-electron chi connectivity index (χ4n) is 10.4. The van der Waals surface area contributed by atoms with Crippen molar-refractivity contribution in [2.75, 3.05) is 0 Å². The van der Waals surface area contributed by atoms with Crippen molar-refractivity contribution < 1.29 is 0 Å². The van der Waals surface area contributed by atoms with Gasteiger partial charge in [0, 0.05) is 27.5 Å². The molecule has 0 aliphatic heterocycles. The van der Waals surface area contributed by atoms with Crippen LogP contribution >= 0.6 is 0 Å². The Morgan fingerprint density at radius 1 is 0.312 bits per heavy atom. The zero-order chi connectivity index (χ0) is 44.0. The maximum atomic E-state index is 5.44. The molecule has 0 bridgehead atoms. The normalized spacial score (nSPS) is 14.1. The molecule has 0 atom stereocenters. The number of benzene rings is 8. The number of nitrogens with zero attached hydrogens (tertiary/aromatic N) is 3. The highest BCUT2D eigenvalue weighted by Crippen LogP contribution is 2.53. The molecule has 0 fully saturated rings. The minimum atomic E-state index is -1.37. The first-order valence-electron chi connectivity index (χ1n) is 22.5. The van der Waals surface area contributed by atoms with Gasteiger partial charge in [0.15, 0.2) is 17.5 Å². The summed E-state index contributed by atoms with van der Waals surface area (Å²) < 4.78 is 0. The summed E-state index contributed by atoms with van der Waals surface area (Å²) in [6.45, 7) is 16.5. The summed E-state index contributed by atoms with van der Waals surface area (Å²) in [6.07, 6.45) is 0. The van der Waals surface area contributed by atoms with Gasteiger partial charge in [-0.3, -0.25) is 0 Å². The van der Waals surface area contributed by atoms with Crippen LogP contribution in [0, 0.1) is 0 Å². The molecular weight excluding hydrogens is 791 g/mol. The van der Waals surface area contributed by atoms with Gasteiger partial charge in [-0.25, -0.2) is 15.0 Å². The van der Waals surface area contributed by atoms with Crippen molar-refractivity contribution in [1.29, 1.82) is 0 Å². The summed E-state index contributed by atoms with van der Waals surface area (Å²) in [5, 5.41) is 1.48. The summed E-state index contributed by atoms with van der Waals surface area (Å²) in [5.41, 5.74) is 19.9. The van der Waals surface area contributed by atoms with E-state index in [0.29, 0.717) is 17.5 Å². The Balaban J connectivity index is 1.04. The van der Waals surface area contributed by atoms with E-state index in [1.165, 1.54) is 71.9 Å². The topological polar surface area (TPSA) is 38.7 Å². The van der Waals surface area contributed by atoms with Crippen molar-refractivity contribution in [2.24, 2.45) is 0 Å². The van der Waals surface area contributed by atoms with Crippen LogP contribution in [0.1, 0.15) is 49.9 Å². The highest BCUT2D eigenvalue weighted by molar-refractivity contribution is 6.88. The van der Waals surface area contributed by atoms with Gasteiger partial charge in [-0.2, -0.15) is 0 Å². The largest absolute Gasteiger partial charge is 0.208 e. The molecule has 0 N–H and O–H groups in total. The molecule has 1 aromatic heterocycles. The summed E-state index contributed by atoms with van der Waals surface area (Å²) in [4.78, 5) is 16.2. The van der Waals surface area contributed by atoms with Crippen LogP contribution in [0.2, 0.25) is 19.6 Å². The lowest BCUT2D eigenvalue weighted by atomic mass is 9.82. The molecule has 9 aromatic rings. The van der Waals surface area contributed by atoms with Gasteiger partial charge in [0.25, 0.3) is 0 Å². The van der Waals surface area contributed by atoms with Crippen LogP contribution in [0.4, 0.5) is 0 Å². The second-order valence-electron chi connectivity index (χ2n) is 19.7. The van der Waals surface area contributed by atoms with Gasteiger partial charge in [0.1, 0.15) is 0 Å². The van der Waals surface area contributed by atoms with Crippen LogP contribution in [-0.2, 0) is 10.8 Å². The van der Waals surface area contributed by atoms with Gasteiger partial charge in [0.2, 0.25) is 0 Å². The molecule has 3 nitrogen and oxygen atoms in total. The van der Waals surface area contributed by atoms with Crippen molar-refractivity contribution in [2.45, 2.75) is 58.2 Å². The molecule has 0 amide bonds. The molecule has 4 heteroatoms. The second kappa shape index (κ2) is 14.8. The molecule has 2 aliphatic rings. The first-order valence-corrected chi connectivity index (χ1v) is 26.0. The van der Waals surface area contributed by atoms with Crippen LogP contribution < -0.4 is 5.19 Å². The Bertz CT molecular complexity index is 3190. The molecule has 0 spiro atoms. The van der Waals surface area contributed by atoms with Gasteiger partial charge in [-0.15, -0.1) is 0 Å². The van der Waals surface area contributed by atoms with Crippen LogP contribution in [0.5, 0.6) is 0 Å². The summed E-state index contributed by atoms with van der Waals surface area (Å²) in [6, 6.07) is 66.5. The second-order valence-corrected chi connectivity index (χ2v) is 24.8. The zero-order valence-corrected chi connectivity index (χ0v) is 38.7. The van der Waals surface area contributed by atoms with E-state index in [0.717, 1.165) is 27.8 Å². The molecule has 1 heterocycles. The molecule has 11 rings (SSSR count). The third kappa shape index (κ3) is 6.50. The first-order chi connectivity index (χ1) is 30.9. The lowest BCUT2D eigenvalue weighted by molar-refractivity contribution is 0.660. The van der Waals surface area contributed by atoms with Gasteiger partial charge in [0.05, 0.1) is 8.07 Å². The van der Waals surface area contributed by atoms with E-state index in [2.05, 4.69) is 229 Å². The molecule has 8 aromatic carbocycles. The average molecular weight is 842 g/mol. The smallest absolute Gasteiger partial charge is 0.164 e. The monoisotopic (exact) mass is 841 g/mol. The molecule has 2 aliphatic carbocycles. The van der Waals surface area contributed by atoms with E-state index < -0.39 is 8.07 Å². The molecule has 0 saturated carbocycles. The molecule has 64 heavy (non-hydrogen) atoms. The number of aromatic nitrogens is 3. The highest BCUT2D eigenvalue weighted by Gasteiger charge is 2.39. The van der Waals surface area contributed by atoms with Gasteiger partial charge < -0.3 is 0 Å². The Labute approximate surface area is 378 Å². The van der Waals surface area contributed by atoms with Crippen LogP contribution in [-0.4, -0.2) is 23.0 Å². The van der Waals surface area contributed by atoms with E-state index in [9.17, 15) is 0 Å². The maximum Gasteiger partial charge on any atom is 0.164 e. The Morgan fingerprint density at radius 3 is 1.11 bits per heavy atom. The number of hydrogen-bond donors (Lipinski definition) is 0. The van der Waals surface area contributed by atoms with Crippen LogP contribution in [0.25, 0.3) is 89.8 Å². The highest BCUT2D eigenvalue weighted by atomic mass is 28.3. The number of rotatable bonds is 7. The van der Waals surface area contributed by atoms with Crippen molar-refractivity contribution in [3.05, 3.63) is 204 Å². The third-order valence-corrected chi connectivity index (χ3v) is 16.0. The quantitative estimate of drug-likeness (QED) is 0.150. The minimum Gasteiger partial charge on any atom is -0.208 e. The molecule has 0 unspecified atom stereocenters. The lowest BCUT2D eigenvalue weighted by Gasteiger charge is -2.21. The maximum absolute atomic E-state index is 5.44. The van der Waals surface area contributed by atoms with Crippen LogP contribution in [0.3, 0.4) is 0 Å². The van der Waals surface area contributed by atoms with Crippen molar-refractivity contribution in [1.82, 2.24) is 15.0 Å². The minimum absolute atomic E-state index is 0.153. The van der Waals surface area contributed by atoms with E-state index in [1.54, 1.807) is 0 Å². The number of fused-ring (bicyclic) bond motifs is 6. The number of hydrogen-bond acceptors (Lipinski definition) is 3. The first kappa shape index (κ1) is 39.8. The molecule has 0 radical (unpaired) electrons. The predicted octanol–water partition coefficient (Wildman–Crippen LogP) is 15.0. The van der Waals surface area contributed by atoms with Gasteiger partial charge in [-0.05, 0) is 96.1 Å². The van der Waals surface area contributed by atoms with E-state index >= 15 is 0 Å². The van der Waals surface area contributed by atoms with E-state index in [4.69, 9.17) is 15.0 Å². The fourth-order valence-corrected chi connectivity index (χ4v) is 11.6. The Morgan fingerprint density at radius 2 is 0.656 bits per heavy atom. The van der Waals surface area contributed by atoms with Crippen molar-refractivity contribution in [3.63, 3.8) is 0 Å². The fraction of sp³-hybridized carbons (Fsp3) is 0.150. The SMILES string of the molecule is CC1(C)c2ccccc2-c2c(-c3nc(-c4cccc(-c5cccc(-c6cccc(-c7ccc([Si](C)(C)C)cc7)c6)c5)c4)nc(-c4cccc5c4-c4ccccc4C5(C)C)n3)cccc21. The molecule has 310 valence electrons. The lowest BCUT2D eigenvalue weighted by Crippen LogP contribution is -2.37. The Hall–Kier alpha value is -7.01. The van der Waals surface area contributed by atoms with Crippen molar-refractivity contribution in [3.8, 4) is 89.8 Å². The standard InChI is InChI=1S/C60H51N3Si/c1-59(2)50-27-10-8-23-46(50)54-48(25-15-29-52(54)59)57-61-56(62-58(63-57)49-26-16-30-53-55(49)47-24-9-11-28-51(47)60(53,3)4)44-22-14-21-43(37-44)42-20-13-19-41(36-42)40-18-12-17-39(35-40)38-31-33-45(34-32-38)64(5,6)7/h8-37H,1-7H3. The van der Waals surface area contributed by atoms with Gasteiger partial charge >= 0.3 is 0 Å². The van der Waals surface area contributed by atoms with E-state index in [-0.39, 0.29) is 10.8 Å². The summed E-state index contributed by atoms with van der Waals surface area (Å²) >= 11 is 0. The van der Waals surface area contributed by atoms with Crippen LogP contribution in [0.15, 0.2) is 182 Å².